The van der Waals surface area contributed by atoms with Gasteiger partial charge in [0.25, 0.3) is 0 Å². The molecule has 0 radical (unpaired) electrons. The fourth-order valence-corrected chi connectivity index (χ4v) is 2.02. The maximum absolute atomic E-state index is 12.1. The second-order valence-corrected chi connectivity index (χ2v) is 4.38. The number of halogens is 1. The molecule has 1 aliphatic rings. The first kappa shape index (κ1) is 14.0. The number of nitrogens with one attached hydrogen (secondary N) is 1. The Labute approximate surface area is 109 Å². The van der Waals surface area contributed by atoms with Crippen molar-refractivity contribution < 1.29 is 4.79 Å². The van der Waals surface area contributed by atoms with Gasteiger partial charge in [0.2, 0.25) is 5.91 Å². The van der Waals surface area contributed by atoms with Crippen LogP contribution in [0.5, 0.6) is 0 Å². The molecule has 2 rings (SSSR count). The van der Waals surface area contributed by atoms with E-state index < -0.39 is 0 Å². The largest absolute Gasteiger partial charge is 0.314 e. The van der Waals surface area contributed by atoms with Crippen molar-refractivity contribution in [1.29, 1.82) is 0 Å². The van der Waals surface area contributed by atoms with Gasteiger partial charge in [-0.25, -0.2) is 0 Å². The molecule has 0 saturated carbocycles. The summed E-state index contributed by atoms with van der Waals surface area (Å²) in [6.45, 7) is 3.00. The Morgan fingerprint density at radius 1 is 1.35 bits per heavy atom. The molecule has 1 saturated heterocycles. The van der Waals surface area contributed by atoms with Gasteiger partial charge in [0.1, 0.15) is 0 Å². The van der Waals surface area contributed by atoms with Crippen molar-refractivity contribution in [3.63, 3.8) is 0 Å². The van der Waals surface area contributed by atoms with E-state index in [0.717, 1.165) is 25.1 Å². The summed E-state index contributed by atoms with van der Waals surface area (Å²) >= 11 is 0. The topological polar surface area (TPSA) is 32.3 Å². The molecule has 94 valence electrons. The number of amides is 1. The highest BCUT2D eigenvalue weighted by Gasteiger charge is 2.25. The van der Waals surface area contributed by atoms with E-state index in [1.807, 2.05) is 38.2 Å². The maximum atomic E-state index is 12.1. The quantitative estimate of drug-likeness (QED) is 0.877. The molecule has 0 unspecified atom stereocenters. The van der Waals surface area contributed by atoms with E-state index in [4.69, 9.17) is 0 Å². The Morgan fingerprint density at radius 3 is 2.53 bits per heavy atom. The fourth-order valence-electron chi connectivity index (χ4n) is 2.02. The first-order chi connectivity index (χ1) is 7.68. The van der Waals surface area contributed by atoms with Crippen LogP contribution in [-0.2, 0) is 4.79 Å². The molecule has 1 amide bonds. The van der Waals surface area contributed by atoms with Crippen LogP contribution in [0.15, 0.2) is 24.3 Å². The molecule has 1 aliphatic heterocycles. The van der Waals surface area contributed by atoms with Crippen LogP contribution in [0.25, 0.3) is 0 Å². The monoisotopic (exact) mass is 254 g/mol. The number of benzene rings is 1. The molecule has 0 aromatic heterocycles. The van der Waals surface area contributed by atoms with Crippen molar-refractivity contribution in [2.24, 2.45) is 0 Å². The van der Waals surface area contributed by atoms with Gasteiger partial charge in [0, 0.05) is 12.7 Å². The van der Waals surface area contributed by atoms with Crippen molar-refractivity contribution in [2.45, 2.75) is 25.8 Å². The molecule has 4 heteroatoms. The van der Waals surface area contributed by atoms with E-state index >= 15 is 0 Å². The Morgan fingerprint density at radius 2 is 2.00 bits per heavy atom. The minimum Gasteiger partial charge on any atom is -0.314 e. The van der Waals surface area contributed by atoms with Crippen LogP contribution in [0.4, 0.5) is 5.69 Å². The van der Waals surface area contributed by atoms with Crippen LogP contribution in [0.2, 0.25) is 0 Å². The van der Waals surface area contributed by atoms with E-state index in [9.17, 15) is 4.79 Å². The smallest absolute Gasteiger partial charge is 0.243 e. The molecule has 1 aromatic carbocycles. The van der Waals surface area contributed by atoms with E-state index in [-0.39, 0.29) is 24.4 Å². The molecule has 1 aromatic rings. The third-order valence-electron chi connectivity index (χ3n) is 3.11. The third kappa shape index (κ3) is 3.20. The van der Waals surface area contributed by atoms with Gasteiger partial charge in [-0.1, -0.05) is 17.7 Å². The second kappa shape index (κ2) is 6.03. The molecular formula is C13H19ClN2O. The van der Waals surface area contributed by atoms with Crippen LogP contribution in [0.3, 0.4) is 0 Å². The van der Waals surface area contributed by atoms with Gasteiger partial charge >= 0.3 is 0 Å². The van der Waals surface area contributed by atoms with Gasteiger partial charge in [0.15, 0.2) is 0 Å². The van der Waals surface area contributed by atoms with Gasteiger partial charge in [-0.3, -0.25) is 4.79 Å². The van der Waals surface area contributed by atoms with Gasteiger partial charge in [-0.05, 0) is 38.4 Å². The third-order valence-corrected chi connectivity index (χ3v) is 3.11. The molecule has 17 heavy (non-hydrogen) atoms. The molecule has 1 fully saturated rings. The van der Waals surface area contributed by atoms with E-state index in [1.165, 1.54) is 5.56 Å². The van der Waals surface area contributed by atoms with E-state index in [0.29, 0.717) is 0 Å². The zero-order valence-electron chi connectivity index (χ0n) is 10.3. The lowest BCUT2D eigenvalue weighted by Gasteiger charge is -2.21. The summed E-state index contributed by atoms with van der Waals surface area (Å²) in [5.41, 5.74) is 2.17. The van der Waals surface area contributed by atoms with Crippen LogP contribution in [0.1, 0.15) is 18.4 Å². The number of hydrogen-bond acceptors (Lipinski definition) is 2. The number of likely N-dealkylation sites (N-methyl/N-ethyl adjacent to an activating group) is 1. The molecule has 0 aliphatic carbocycles. The summed E-state index contributed by atoms with van der Waals surface area (Å²) in [6.07, 6.45) is 2.05. The summed E-state index contributed by atoms with van der Waals surface area (Å²) in [4.78, 5) is 13.8. The van der Waals surface area contributed by atoms with Crippen LogP contribution < -0.4 is 10.2 Å². The van der Waals surface area contributed by atoms with Crippen molar-refractivity contribution in [1.82, 2.24) is 5.32 Å². The van der Waals surface area contributed by atoms with Crippen molar-refractivity contribution in [3.05, 3.63) is 29.8 Å². The first-order valence-electron chi connectivity index (χ1n) is 5.76. The average Bonchev–Trinajstić information content (AvgIpc) is 2.81. The van der Waals surface area contributed by atoms with Crippen LogP contribution in [0, 0.1) is 6.92 Å². The lowest BCUT2D eigenvalue weighted by molar-refractivity contribution is -0.119. The second-order valence-electron chi connectivity index (χ2n) is 4.38. The SMILES string of the molecule is Cc1ccc(N(C)C(=O)[C@@H]2CCCN2)cc1.Cl. The molecule has 1 N–H and O–H groups in total. The predicted octanol–water partition coefficient (Wildman–Crippen LogP) is 2.13. The summed E-state index contributed by atoms with van der Waals surface area (Å²) in [5.74, 6) is 0.168. The summed E-state index contributed by atoms with van der Waals surface area (Å²) < 4.78 is 0. The average molecular weight is 255 g/mol. The number of carbonyl (C=O) groups excluding carboxylic acids is 1. The van der Waals surface area contributed by atoms with E-state index in [2.05, 4.69) is 5.32 Å². The standard InChI is InChI=1S/C13H18N2O.ClH/c1-10-5-7-11(8-6-10)15(2)13(16)12-4-3-9-14-12;/h5-8,12,14H,3-4,9H2,1-2H3;1H/t12-;/m0./s1. The van der Waals surface area contributed by atoms with Crippen LogP contribution >= 0.6 is 12.4 Å². The van der Waals surface area contributed by atoms with Gasteiger partial charge < -0.3 is 10.2 Å². The number of carbonyl (C=O) groups is 1. The Bertz CT molecular complexity index is 372. The predicted molar refractivity (Wildman–Crippen MR) is 72.9 cm³/mol. The minimum absolute atomic E-state index is 0. The number of rotatable bonds is 2. The highest BCUT2D eigenvalue weighted by molar-refractivity contribution is 5.96. The number of nitrogens with zero attached hydrogens (tertiary/aromatic N) is 1. The van der Waals surface area contributed by atoms with Gasteiger partial charge in [-0.15, -0.1) is 12.4 Å². The number of anilines is 1. The molecule has 0 bridgehead atoms. The highest BCUT2D eigenvalue weighted by atomic mass is 35.5. The summed E-state index contributed by atoms with van der Waals surface area (Å²) in [6, 6.07) is 8.04. The Kier molecular flexibility index (Phi) is 4.97. The zero-order chi connectivity index (χ0) is 11.5. The normalized spacial score (nSPS) is 18.6. The van der Waals surface area contributed by atoms with Gasteiger partial charge in [-0.2, -0.15) is 0 Å². The fraction of sp³-hybridized carbons (Fsp3) is 0.462. The Balaban J connectivity index is 0.00000144. The lowest BCUT2D eigenvalue weighted by atomic mass is 10.1. The van der Waals surface area contributed by atoms with E-state index in [1.54, 1.807) is 4.90 Å². The molecule has 0 spiro atoms. The number of aryl methyl sites for hydroxylation is 1. The lowest BCUT2D eigenvalue weighted by Crippen LogP contribution is -2.41. The van der Waals surface area contributed by atoms with Crippen LogP contribution in [-0.4, -0.2) is 25.5 Å². The first-order valence-corrected chi connectivity index (χ1v) is 5.76. The van der Waals surface area contributed by atoms with Crippen molar-refractivity contribution in [2.75, 3.05) is 18.5 Å². The highest BCUT2D eigenvalue weighted by Crippen LogP contribution is 2.16. The molecular weight excluding hydrogens is 236 g/mol. The minimum atomic E-state index is 0. The maximum Gasteiger partial charge on any atom is 0.243 e. The van der Waals surface area contributed by atoms with Crippen molar-refractivity contribution >= 4 is 24.0 Å². The van der Waals surface area contributed by atoms with Gasteiger partial charge in [0.05, 0.1) is 6.04 Å². The molecule has 3 nitrogen and oxygen atoms in total. The number of hydrogen-bond donors (Lipinski definition) is 1. The summed E-state index contributed by atoms with van der Waals surface area (Å²) in [7, 11) is 1.84. The van der Waals surface area contributed by atoms with Crippen molar-refractivity contribution in [3.8, 4) is 0 Å². The molecule has 1 atom stereocenters. The summed E-state index contributed by atoms with van der Waals surface area (Å²) in [5, 5.41) is 3.23. The Hall–Kier alpha value is -1.06. The molecule has 1 heterocycles. The zero-order valence-corrected chi connectivity index (χ0v) is 11.1.